The standard InChI is InChI=1S/C9H9NO6S/c10-6-2-1-3-7(4-6)15-9(11)8-5-14-17(12,13)16-8/h1-4,8H,5,10H2. The van der Waals surface area contributed by atoms with Crippen molar-refractivity contribution in [1.82, 2.24) is 0 Å². The number of nitrogen functional groups attached to an aromatic ring is 1. The maximum absolute atomic E-state index is 11.5. The summed E-state index contributed by atoms with van der Waals surface area (Å²) in [6, 6.07) is 6.17. The van der Waals surface area contributed by atoms with Crippen LogP contribution in [0.2, 0.25) is 0 Å². The van der Waals surface area contributed by atoms with Gasteiger partial charge in [-0.05, 0) is 12.1 Å². The summed E-state index contributed by atoms with van der Waals surface area (Å²) in [4.78, 5) is 11.5. The number of esters is 1. The van der Waals surface area contributed by atoms with Crippen LogP contribution in [-0.4, -0.2) is 27.1 Å². The van der Waals surface area contributed by atoms with Gasteiger partial charge in [0, 0.05) is 11.8 Å². The Labute approximate surface area is 97.4 Å². The van der Waals surface area contributed by atoms with E-state index in [0.717, 1.165) is 0 Å². The summed E-state index contributed by atoms with van der Waals surface area (Å²) in [7, 11) is -4.07. The highest BCUT2D eigenvalue weighted by Crippen LogP contribution is 2.18. The van der Waals surface area contributed by atoms with Gasteiger partial charge in [-0.1, -0.05) is 6.07 Å². The van der Waals surface area contributed by atoms with Crippen LogP contribution in [-0.2, 0) is 23.6 Å². The lowest BCUT2D eigenvalue weighted by Gasteiger charge is -2.06. The summed E-state index contributed by atoms with van der Waals surface area (Å²) in [5.41, 5.74) is 5.91. The first kappa shape index (κ1) is 11.8. The van der Waals surface area contributed by atoms with Gasteiger partial charge >= 0.3 is 16.4 Å². The molecule has 1 unspecified atom stereocenters. The zero-order valence-corrected chi connectivity index (χ0v) is 9.35. The average molecular weight is 259 g/mol. The first-order chi connectivity index (χ1) is 7.96. The fourth-order valence-electron chi connectivity index (χ4n) is 1.21. The van der Waals surface area contributed by atoms with E-state index in [1.807, 2.05) is 0 Å². The summed E-state index contributed by atoms with van der Waals surface area (Å²) < 4.78 is 35.1. The first-order valence-electron chi connectivity index (χ1n) is 4.61. The molecule has 92 valence electrons. The summed E-state index contributed by atoms with van der Waals surface area (Å²) in [6.45, 7) is -0.385. The quantitative estimate of drug-likeness (QED) is 0.446. The van der Waals surface area contributed by atoms with Crippen molar-refractivity contribution < 1.29 is 26.3 Å². The molecule has 0 radical (unpaired) electrons. The topological polar surface area (TPSA) is 105 Å². The molecule has 1 aromatic rings. The SMILES string of the molecule is Nc1cccc(OC(=O)C2COS(=O)(=O)O2)c1. The van der Waals surface area contributed by atoms with Gasteiger partial charge in [-0.2, -0.15) is 8.42 Å². The lowest BCUT2D eigenvalue weighted by Crippen LogP contribution is -2.27. The van der Waals surface area contributed by atoms with E-state index >= 15 is 0 Å². The maximum atomic E-state index is 11.5. The number of rotatable bonds is 2. The van der Waals surface area contributed by atoms with Gasteiger partial charge in [0.15, 0.2) is 0 Å². The van der Waals surface area contributed by atoms with Crippen LogP contribution in [0.5, 0.6) is 5.75 Å². The third kappa shape index (κ3) is 2.93. The number of benzene rings is 1. The molecule has 1 aromatic carbocycles. The zero-order valence-electron chi connectivity index (χ0n) is 8.53. The van der Waals surface area contributed by atoms with E-state index in [-0.39, 0.29) is 12.4 Å². The zero-order chi connectivity index (χ0) is 12.5. The largest absolute Gasteiger partial charge is 0.424 e. The fourth-order valence-corrected chi connectivity index (χ4v) is 1.97. The molecule has 2 rings (SSSR count). The third-order valence-electron chi connectivity index (χ3n) is 1.94. The lowest BCUT2D eigenvalue weighted by molar-refractivity contribution is -0.141. The molecule has 8 heteroatoms. The number of carbonyl (C=O) groups is 1. The van der Waals surface area contributed by atoms with Gasteiger partial charge in [-0.3, -0.25) is 0 Å². The van der Waals surface area contributed by atoms with Crippen molar-refractivity contribution in [3.05, 3.63) is 24.3 Å². The summed E-state index contributed by atoms with van der Waals surface area (Å²) in [5.74, 6) is -0.639. The minimum atomic E-state index is -4.07. The molecule has 0 aromatic heterocycles. The van der Waals surface area contributed by atoms with E-state index in [9.17, 15) is 13.2 Å². The highest BCUT2D eigenvalue weighted by Gasteiger charge is 2.36. The monoisotopic (exact) mass is 259 g/mol. The van der Waals surface area contributed by atoms with Crippen LogP contribution < -0.4 is 10.5 Å². The van der Waals surface area contributed by atoms with Gasteiger partial charge in [0.05, 0.1) is 0 Å². The Hall–Kier alpha value is -1.64. The van der Waals surface area contributed by atoms with E-state index in [2.05, 4.69) is 8.37 Å². The van der Waals surface area contributed by atoms with Crippen LogP contribution in [0.4, 0.5) is 5.69 Å². The summed E-state index contributed by atoms with van der Waals surface area (Å²) >= 11 is 0. The Kier molecular flexibility index (Phi) is 3.01. The molecular formula is C9H9NO6S. The fraction of sp³-hybridized carbons (Fsp3) is 0.222. The normalized spacial score (nSPS) is 22.2. The van der Waals surface area contributed by atoms with Gasteiger partial charge in [0.2, 0.25) is 6.10 Å². The first-order valence-corrected chi connectivity index (χ1v) is 5.94. The molecule has 1 aliphatic heterocycles. The Morgan fingerprint density at radius 3 is 2.82 bits per heavy atom. The number of ether oxygens (including phenoxy) is 1. The van der Waals surface area contributed by atoms with Crippen LogP contribution in [0.1, 0.15) is 0 Å². The Balaban J connectivity index is 2.03. The van der Waals surface area contributed by atoms with Gasteiger partial charge in [0.1, 0.15) is 12.4 Å². The number of anilines is 1. The molecule has 0 spiro atoms. The van der Waals surface area contributed by atoms with Crippen molar-refractivity contribution in [3.8, 4) is 5.75 Å². The molecule has 0 amide bonds. The molecule has 17 heavy (non-hydrogen) atoms. The number of carbonyl (C=O) groups excluding carboxylic acids is 1. The van der Waals surface area contributed by atoms with Crippen molar-refractivity contribution in [1.29, 1.82) is 0 Å². The minimum Gasteiger partial charge on any atom is -0.424 e. The van der Waals surface area contributed by atoms with Crippen molar-refractivity contribution in [2.45, 2.75) is 6.10 Å². The Morgan fingerprint density at radius 1 is 1.47 bits per heavy atom. The second-order valence-corrected chi connectivity index (χ2v) is 4.52. The van der Waals surface area contributed by atoms with Gasteiger partial charge in [-0.25, -0.2) is 13.2 Å². The van der Waals surface area contributed by atoms with Crippen LogP contribution >= 0.6 is 0 Å². The number of hydrogen-bond acceptors (Lipinski definition) is 7. The molecule has 0 aliphatic carbocycles. The Bertz CT molecular complexity index is 540. The van der Waals surface area contributed by atoms with Crippen LogP contribution in [0, 0.1) is 0 Å². The molecule has 1 atom stereocenters. The van der Waals surface area contributed by atoms with E-state index in [0.29, 0.717) is 5.69 Å². The summed E-state index contributed by atoms with van der Waals surface area (Å²) in [6.07, 6.45) is -1.28. The van der Waals surface area contributed by atoms with E-state index in [1.54, 1.807) is 12.1 Å². The molecule has 1 heterocycles. The molecule has 7 nitrogen and oxygen atoms in total. The molecular weight excluding hydrogens is 250 g/mol. The molecule has 0 saturated carbocycles. The second-order valence-electron chi connectivity index (χ2n) is 3.27. The van der Waals surface area contributed by atoms with E-state index in [4.69, 9.17) is 10.5 Å². The van der Waals surface area contributed by atoms with Crippen molar-refractivity contribution in [3.63, 3.8) is 0 Å². The lowest BCUT2D eigenvalue weighted by atomic mass is 10.3. The van der Waals surface area contributed by atoms with Gasteiger partial charge in [-0.15, -0.1) is 0 Å². The van der Waals surface area contributed by atoms with E-state index < -0.39 is 22.5 Å². The Morgan fingerprint density at radius 2 is 2.24 bits per heavy atom. The highest BCUT2D eigenvalue weighted by atomic mass is 32.3. The summed E-state index contributed by atoms with van der Waals surface area (Å²) in [5, 5.41) is 0. The van der Waals surface area contributed by atoms with Crippen LogP contribution in [0.25, 0.3) is 0 Å². The molecule has 0 bridgehead atoms. The number of hydrogen-bond donors (Lipinski definition) is 1. The maximum Gasteiger partial charge on any atom is 0.400 e. The third-order valence-corrected chi connectivity index (χ3v) is 2.83. The van der Waals surface area contributed by atoms with Crippen LogP contribution in [0.15, 0.2) is 24.3 Å². The van der Waals surface area contributed by atoms with Crippen molar-refractivity contribution >= 4 is 22.1 Å². The minimum absolute atomic E-state index is 0.211. The van der Waals surface area contributed by atoms with E-state index in [1.165, 1.54) is 12.1 Å². The predicted octanol–water partition coefficient (Wildman–Crippen LogP) is -0.166. The average Bonchev–Trinajstić information content (AvgIpc) is 2.59. The van der Waals surface area contributed by atoms with Crippen LogP contribution in [0.3, 0.4) is 0 Å². The molecule has 2 N–H and O–H groups in total. The smallest absolute Gasteiger partial charge is 0.400 e. The second kappa shape index (κ2) is 4.32. The van der Waals surface area contributed by atoms with Crippen molar-refractivity contribution in [2.75, 3.05) is 12.3 Å². The van der Waals surface area contributed by atoms with Gasteiger partial charge < -0.3 is 10.5 Å². The highest BCUT2D eigenvalue weighted by molar-refractivity contribution is 7.82. The number of nitrogens with two attached hydrogens (primary N) is 1. The predicted molar refractivity (Wildman–Crippen MR) is 56.2 cm³/mol. The molecule has 1 fully saturated rings. The van der Waals surface area contributed by atoms with Crippen molar-refractivity contribution in [2.24, 2.45) is 0 Å². The van der Waals surface area contributed by atoms with Gasteiger partial charge in [0.25, 0.3) is 0 Å². The molecule has 1 saturated heterocycles. The molecule has 1 aliphatic rings.